The zero-order valence-corrected chi connectivity index (χ0v) is 15.8. The number of phenolic OH excluding ortho intramolecular Hbond substituents is 1. The lowest BCUT2D eigenvalue weighted by Crippen LogP contribution is -2.12. The average Bonchev–Trinajstić information content (AvgIpc) is 3.03. The van der Waals surface area contributed by atoms with E-state index in [1.165, 1.54) is 0 Å². The van der Waals surface area contributed by atoms with Gasteiger partial charge in [-0.2, -0.15) is 0 Å². The monoisotopic (exact) mass is 368 g/mol. The number of aromatic hydroxyl groups is 1. The highest BCUT2D eigenvalue weighted by Gasteiger charge is 2.20. The Hall–Kier alpha value is -2.99. The van der Waals surface area contributed by atoms with Gasteiger partial charge in [-0.15, -0.1) is 0 Å². The smallest absolute Gasteiger partial charge is 0.258 e. The molecule has 0 aliphatic carbocycles. The second kappa shape index (κ2) is 8.60. The van der Waals surface area contributed by atoms with E-state index < -0.39 is 0 Å². The fourth-order valence-electron chi connectivity index (χ4n) is 2.82. The molecule has 27 heavy (non-hydrogen) atoms. The van der Waals surface area contributed by atoms with E-state index >= 15 is 0 Å². The van der Waals surface area contributed by atoms with Crippen LogP contribution in [0.4, 0.5) is 0 Å². The highest BCUT2D eigenvalue weighted by Crippen LogP contribution is 2.31. The molecule has 142 valence electrons. The number of rotatable bonds is 8. The van der Waals surface area contributed by atoms with Crippen LogP contribution in [-0.4, -0.2) is 36.4 Å². The van der Waals surface area contributed by atoms with E-state index in [1.54, 1.807) is 19.2 Å². The summed E-state index contributed by atoms with van der Waals surface area (Å²) < 4.78 is 16.9. The van der Waals surface area contributed by atoms with Gasteiger partial charge < -0.3 is 24.0 Å². The molecule has 0 amide bonds. The van der Waals surface area contributed by atoms with Crippen LogP contribution in [-0.2, 0) is 19.6 Å². The van der Waals surface area contributed by atoms with E-state index in [0.29, 0.717) is 31.2 Å². The van der Waals surface area contributed by atoms with Gasteiger partial charge in [0.15, 0.2) is 5.76 Å². The quantitative estimate of drug-likeness (QED) is 0.655. The van der Waals surface area contributed by atoms with Crippen LogP contribution in [0, 0.1) is 0 Å². The predicted octanol–water partition coefficient (Wildman–Crippen LogP) is 3.62. The molecule has 0 aliphatic heterocycles. The van der Waals surface area contributed by atoms with Crippen LogP contribution in [0.15, 0.2) is 53.1 Å². The van der Waals surface area contributed by atoms with Crippen molar-refractivity contribution in [1.82, 2.24) is 10.1 Å². The Balaban J connectivity index is 1.87. The summed E-state index contributed by atoms with van der Waals surface area (Å²) in [6.45, 7) is 1.02. The van der Waals surface area contributed by atoms with Crippen molar-refractivity contribution in [2.24, 2.45) is 0 Å². The van der Waals surface area contributed by atoms with Crippen molar-refractivity contribution in [3.05, 3.63) is 71.0 Å². The molecule has 0 saturated carbocycles. The van der Waals surface area contributed by atoms with Crippen LogP contribution in [0.1, 0.15) is 22.5 Å². The lowest BCUT2D eigenvalue weighted by Gasteiger charge is -2.12. The first kappa shape index (κ1) is 18.8. The van der Waals surface area contributed by atoms with Crippen LogP contribution in [0.25, 0.3) is 0 Å². The molecule has 0 atom stereocenters. The highest BCUT2D eigenvalue weighted by molar-refractivity contribution is 5.45. The van der Waals surface area contributed by atoms with Crippen LogP contribution in [0.3, 0.4) is 0 Å². The summed E-state index contributed by atoms with van der Waals surface area (Å²) in [6, 6.07) is 15.0. The summed E-state index contributed by atoms with van der Waals surface area (Å²) in [5.74, 6) is 2.00. The van der Waals surface area contributed by atoms with E-state index in [4.69, 9.17) is 14.0 Å². The molecule has 3 rings (SSSR count). The van der Waals surface area contributed by atoms with Gasteiger partial charge in [0.25, 0.3) is 5.88 Å². The molecule has 3 aromatic rings. The minimum Gasteiger partial charge on any atom is -0.508 e. The number of phenols is 1. The number of methoxy groups -OCH3 is 1. The zero-order chi connectivity index (χ0) is 19.2. The molecule has 0 fully saturated rings. The van der Waals surface area contributed by atoms with Gasteiger partial charge >= 0.3 is 0 Å². The Morgan fingerprint density at radius 3 is 2.59 bits per heavy atom. The van der Waals surface area contributed by atoms with Crippen molar-refractivity contribution in [1.29, 1.82) is 0 Å². The Morgan fingerprint density at radius 1 is 1.11 bits per heavy atom. The lowest BCUT2D eigenvalue weighted by atomic mass is 10.0. The van der Waals surface area contributed by atoms with Crippen molar-refractivity contribution in [3.8, 4) is 17.4 Å². The minimum atomic E-state index is 0.162. The van der Waals surface area contributed by atoms with E-state index in [2.05, 4.69) is 5.16 Å². The molecule has 2 aromatic carbocycles. The molecule has 1 aromatic heterocycles. The number of hydrogen-bond acceptors (Lipinski definition) is 6. The first-order valence-electron chi connectivity index (χ1n) is 8.71. The topological polar surface area (TPSA) is 68.0 Å². The van der Waals surface area contributed by atoms with Crippen LogP contribution >= 0.6 is 0 Å². The van der Waals surface area contributed by atoms with Gasteiger partial charge in [-0.25, -0.2) is 0 Å². The molecule has 0 bridgehead atoms. The molecule has 0 unspecified atom stereocenters. The minimum absolute atomic E-state index is 0.162. The number of hydrogen-bond donors (Lipinski definition) is 1. The Morgan fingerprint density at radius 2 is 1.89 bits per heavy atom. The van der Waals surface area contributed by atoms with Gasteiger partial charge in [-0.3, -0.25) is 0 Å². The van der Waals surface area contributed by atoms with Crippen molar-refractivity contribution < 1.29 is 19.1 Å². The van der Waals surface area contributed by atoms with Gasteiger partial charge in [0, 0.05) is 12.5 Å². The van der Waals surface area contributed by atoms with Crippen molar-refractivity contribution in [2.75, 3.05) is 21.2 Å². The number of ether oxygens (including phenoxy) is 2. The van der Waals surface area contributed by atoms with Gasteiger partial charge in [-0.1, -0.05) is 36.4 Å². The third-order valence-corrected chi connectivity index (χ3v) is 4.15. The van der Waals surface area contributed by atoms with Crippen LogP contribution < -0.4 is 9.47 Å². The normalized spacial score (nSPS) is 11.0. The predicted molar refractivity (Wildman–Crippen MR) is 102 cm³/mol. The van der Waals surface area contributed by atoms with Crippen molar-refractivity contribution in [2.45, 2.75) is 19.6 Å². The van der Waals surface area contributed by atoms with E-state index in [-0.39, 0.29) is 5.75 Å². The second-order valence-corrected chi connectivity index (χ2v) is 6.57. The maximum Gasteiger partial charge on any atom is 0.258 e. The highest BCUT2D eigenvalue weighted by atomic mass is 16.5. The van der Waals surface area contributed by atoms with Crippen LogP contribution in [0.5, 0.6) is 17.4 Å². The summed E-state index contributed by atoms with van der Waals surface area (Å²) in [5, 5.41) is 13.8. The molecule has 0 aliphatic rings. The van der Waals surface area contributed by atoms with Crippen molar-refractivity contribution >= 4 is 0 Å². The Kier molecular flexibility index (Phi) is 5.98. The third kappa shape index (κ3) is 4.80. The molecule has 1 heterocycles. The molecule has 6 nitrogen and oxygen atoms in total. The Labute approximate surface area is 158 Å². The summed E-state index contributed by atoms with van der Waals surface area (Å²) in [6.07, 6.45) is 0.528. The largest absolute Gasteiger partial charge is 0.508 e. The summed E-state index contributed by atoms with van der Waals surface area (Å²) in [4.78, 5) is 2.01. The lowest BCUT2D eigenvalue weighted by molar-refractivity contribution is 0.258. The number of aromatic nitrogens is 1. The molecule has 0 saturated heterocycles. The fraction of sp³-hybridized carbons (Fsp3) is 0.286. The van der Waals surface area contributed by atoms with Crippen LogP contribution in [0.2, 0.25) is 0 Å². The van der Waals surface area contributed by atoms with Gasteiger partial charge in [-0.05, 0) is 36.4 Å². The maximum absolute atomic E-state index is 9.69. The maximum atomic E-state index is 9.69. The number of nitrogens with zero attached hydrogens (tertiary/aromatic N) is 2. The SMILES string of the molecule is COc1cc(O)ccc1Cc1c(OCc2ccccc2)noc1CN(C)C. The summed E-state index contributed by atoms with van der Waals surface area (Å²) in [7, 11) is 5.52. The number of benzene rings is 2. The van der Waals surface area contributed by atoms with Gasteiger partial charge in [0.05, 0.1) is 19.2 Å². The van der Waals surface area contributed by atoms with E-state index in [0.717, 1.165) is 22.5 Å². The first-order chi connectivity index (χ1) is 13.1. The summed E-state index contributed by atoms with van der Waals surface area (Å²) in [5.41, 5.74) is 2.86. The van der Waals surface area contributed by atoms with Crippen molar-refractivity contribution in [3.63, 3.8) is 0 Å². The first-order valence-corrected chi connectivity index (χ1v) is 8.71. The molecule has 6 heteroatoms. The standard InChI is InChI=1S/C21H24N2O4/c1-23(2)13-20-18(11-16-9-10-17(24)12-19(16)25-3)21(22-27-20)26-14-15-7-5-4-6-8-15/h4-10,12,24H,11,13-14H2,1-3H3. The van der Waals surface area contributed by atoms with Gasteiger partial charge in [0.1, 0.15) is 18.1 Å². The molecule has 1 N–H and O–H groups in total. The molecular weight excluding hydrogens is 344 g/mol. The van der Waals surface area contributed by atoms with E-state index in [1.807, 2.05) is 55.4 Å². The third-order valence-electron chi connectivity index (χ3n) is 4.15. The fourth-order valence-corrected chi connectivity index (χ4v) is 2.82. The zero-order valence-electron chi connectivity index (χ0n) is 15.8. The van der Waals surface area contributed by atoms with Gasteiger partial charge in [0.2, 0.25) is 0 Å². The summed E-state index contributed by atoms with van der Waals surface area (Å²) >= 11 is 0. The molecular formula is C21H24N2O4. The van der Waals surface area contributed by atoms with E-state index in [9.17, 15) is 5.11 Å². The average molecular weight is 368 g/mol. The molecule has 0 spiro atoms. The Bertz CT molecular complexity index is 875. The second-order valence-electron chi connectivity index (χ2n) is 6.57. The molecule has 0 radical (unpaired) electrons.